The Hall–Kier alpha value is -2.54. The molecular weight excluding hydrogens is 320 g/mol. The molecule has 0 radical (unpaired) electrons. The summed E-state index contributed by atoms with van der Waals surface area (Å²) < 4.78 is 8.75. The van der Waals surface area contributed by atoms with Gasteiger partial charge in [0.1, 0.15) is 5.69 Å². The number of urea groups is 1. The van der Waals surface area contributed by atoms with E-state index in [-0.39, 0.29) is 17.6 Å². The van der Waals surface area contributed by atoms with Crippen molar-refractivity contribution in [3.63, 3.8) is 0 Å². The minimum absolute atomic E-state index is 0.0362. The van der Waals surface area contributed by atoms with E-state index in [2.05, 4.69) is 5.32 Å². The zero-order valence-electron chi connectivity index (χ0n) is 14.9. The van der Waals surface area contributed by atoms with E-state index in [1.54, 1.807) is 14.3 Å². The van der Waals surface area contributed by atoms with Crippen LogP contribution < -0.4 is 10.9 Å². The van der Waals surface area contributed by atoms with Gasteiger partial charge in [-0.15, -0.1) is 0 Å². The number of benzene rings is 1. The molecule has 2 heterocycles. The molecular formula is C18H24N4O3. The Morgan fingerprint density at radius 2 is 2.04 bits per heavy atom. The van der Waals surface area contributed by atoms with Crippen LogP contribution in [0.1, 0.15) is 19.0 Å². The normalized spacial score (nSPS) is 17.6. The van der Waals surface area contributed by atoms with Gasteiger partial charge in [-0.2, -0.15) is 0 Å². The number of carbonyl (C=O) groups is 1. The molecule has 0 bridgehead atoms. The van der Waals surface area contributed by atoms with Crippen LogP contribution in [0.4, 0.5) is 10.5 Å². The Labute approximate surface area is 146 Å². The predicted octanol–water partition coefficient (Wildman–Crippen LogP) is 2.13. The zero-order valence-corrected chi connectivity index (χ0v) is 14.9. The fourth-order valence-electron chi connectivity index (χ4n) is 3.15. The Kier molecular flexibility index (Phi) is 4.94. The lowest BCUT2D eigenvalue weighted by Crippen LogP contribution is -2.50. The molecule has 0 aliphatic carbocycles. The molecule has 7 nitrogen and oxygen atoms in total. The number of carbonyl (C=O) groups excluding carboxylic acids is 1. The van der Waals surface area contributed by atoms with E-state index in [4.69, 9.17) is 4.74 Å². The van der Waals surface area contributed by atoms with Gasteiger partial charge < -0.3 is 15.0 Å². The van der Waals surface area contributed by atoms with Crippen LogP contribution in [0.3, 0.4) is 0 Å². The molecule has 3 rings (SSSR count). The number of ether oxygens (including phenoxy) is 1. The largest absolute Gasteiger partial charge is 0.377 e. The maximum absolute atomic E-state index is 12.9. The maximum Gasteiger partial charge on any atom is 0.322 e. The molecule has 2 amide bonds. The van der Waals surface area contributed by atoms with Crippen molar-refractivity contribution >= 4 is 11.7 Å². The monoisotopic (exact) mass is 344 g/mol. The standard InChI is InChI=1S/C18H24N4O3/c1-4-14-12-25-11-10-21(14)18(24)19-16-13(2)20(3)22(17(16)23)15-8-6-5-7-9-15/h5-9,14H,4,10-12H2,1-3H3,(H,19,24). The Morgan fingerprint density at radius 3 is 2.72 bits per heavy atom. The van der Waals surface area contributed by atoms with E-state index < -0.39 is 0 Å². The lowest BCUT2D eigenvalue weighted by molar-refractivity contribution is 0.0144. The van der Waals surface area contributed by atoms with Crippen molar-refractivity contribution in [2.75, 3.05) is 25.1 Å². The molecule has 1 aromatic carbocycles. The highest BCUT2D eigenvalue weighted by Crippen LogP contribution is 2.16. The van der Waals surface area contributed by atoms with Crippen LogP contribution in [0.5, 0.6) is 0 Å². The molecule has 1 saturated heterocycles. The van der Waals surface area contributed by atoms with Crippen LogP contribution >= 0.6 is 0 Å². The van der Waals surface area contributed by atoms with Gasteiger partial charge in [-0.25, -0.2) is 9.48 Å². The van der Waals surface area contributed by atoms with Crippen molar-refractivity contribution in [3.05, 3.63) is 46.4 Å². The summed E-state index contributed by atoms with van der Waals surface area (Å²) in [7, 11) is 1.81. The van der Waals surface area contributed by atoms with Gasteiger partial charge in [-0.05, 0) is 25.5 Å². The van der Waals surface area contributed by atoms with E-state index >= 15 is 0 Å². The fourth-order valence-corrected chi connectivity index (χ4v) is 3.15. The van der Waals surface area contributed by atoms with Gasteiger partial charge >= 0.3 is 6.03 Å². The number of para-hydroxylation sites is 1. The average Bonchev–Trinajstić information content (AvgIpc) is 2.85. The summed E-state index contributed by atoms with van der Waals surface area (Å²) in [6, 6.07) is 9.17. The molecule has 0 saturated carbocycles. The van der Waals surface area contributed by atoms with Crippen molar-refractivity contribution in [1.29, 1.82) is 0 Å². The third-order valence-corrected chi connectivity index (χ3v) is 4.75. The van der Waals surface area contributed by atoms with Crippen molar-refractivity contribution in [1.82, 2.24) is 14.3 Å². The van der Waals surface area contributed by atoms with Gasteiger partial charge in [-0.3, -0.25) is 9.48 Å². The molecule has 2 aromatic rings. The molecule has 1 aliphatic rings. The highest BCUT2D eigenvalue weighted by Gasteiger charge is 2.28. The molecule has 1 aliphatic heterocycles. The van der Waals surface area contributed by atoms with Crippen LogP contribution in [0.25, 0.3) is 5.69 Å². The number of aromatic nitrogens is 2. The number of rotatable bonds is 3. The van der Waals surface area contributed by atoms with E-state index in [1.807, 2.05) is 51.2 Å². The number of nitrogens with zero attached hydrogens (tertiary/aromatic N) is 3. The van der Waals surface area contributed by atoms with Crippen LogP contribution in [0.2, 0.25) is 0 Å². The van der Waals surface area contributed by atoms with E-state index in [9.17, 15) is 9.59 Å². The Bertz CT molecular complexity index is 810. The number of nitrogens with one attached hydrogen (secondary N) is 1. The number of morpholine rings is 1. The average molecular weight is 344 g/mol. The lowest BCUT2D eigenvalue weighted by Gasteiger charge is -2.34. The first kappa shape index (κ1) is 17.3. The summed E-state index contributed by atoms with van der Waals surface area (Å²) in [6.45, 7) is 5.43. The van der Waals surface area contributed by atoms with Crippen LogP contribution in [0.15, 0.2) is 35.1 Å². The van der Waals surface area contributed by atoms with Crippen LogP contribution in [-0.4, -0.2) is 46.1 Å². The maximum atomic E-state index is 12.9. The Balaban J connectivity index is 1.91. The molecule has 1 N–H and O–H groups in total. The number of anilines is 1. The molecule has 1 unspecified atom stereocenters. The number of amides is 2. The number of hydrogen-bond donors (Lipinski definition) is 1. The smallest absolute Gasteiger partial charge is 0.322 e. The zero-order chi connectivity index (χ0) is 18.0. The SMILES string of the molecule is CCC1COCCN1C(=O)Nc1c(C)n(C)n(-c2ccccc2)c1=O. The van der Waals surface area contributed by atoms with Crippen molar-refractivity contribution in [2.45, 2.75) is 26.3 Å². The van der Waals surface area contributed by atoms with Gasteiger partial charge in [0.15, 0.2) is 0 Å². The molecule has 1 aromatic heterocycles. The summed E-state index contributed by atoms with van der Waals surface area (Å²) in [5, 5.41) is 2.82. The molecule has 0 spiro atoms. The molecule has 1 fully saturated rings. The third-order valence-electron chi connectivity index (χ3n) is 4.75. The lowest BCUT2D eigenvalue weighted by atomic mass is 10.2. The summed E-state index contributed by atoms with van der Waals surface area (Å²) in [6.07, 6.45) is 0.815. The molecule has 25 heavy (non-hydrogen) atoms. The first-order valence-corrected chi connectivity index (χ1v) is 8.54. The second-order valence-corrected chi connectivity index (χ2v) is 6.20. The van der Waals surface area contributed by atoms with Gasteiger partial charge in [0.05, 0.1) is 30.6 Å². The van der Waals surface area contributed by atoms with Gasteiger partial charge in [0, 0.05) is 13.6 Å². The van der Waals surface area contributed by atoms with E-state index in [1.165, 1.54) is 0 Å². The minimum atomic E-state index is -0.249. The highest BCUT2D eigenvalue weighted by molar-refractivity contribution is 5.90. The summed E-state index contributed by atoms with van der Waals surface area (Å²) in [4.78, 5) is 27.3. The van der Waals surface area contributed by atoms with Crippen LogP contribution in [-0.2, 0) is 11.8 Å². The highest BCUT2D eigenvalue weighted by atomic mass is 16.5. The van der Waals surface area contributed by atoms with Gasteiger partial charge in [0.25, 0.3) is 5.56 Å². The second-order valence-electron chi connectivity index (χ2n) is 6.20. The number of hydrogen-bond acceptors (Lipinski definition) is 3. The summed E-state index contributed by atoms with van der Waals surface area (Å²) in [5.74, 6) is 0. The van der Waals surface area contributed by atoms with Crippen molar-refractivity contribution in [2.24, 2.45) is 7.05 Å². The van der Waals surface area contributed by atoms with Gasteiger partial charge in [-0.1, -0.05) is 25.1 Å². The van der Waals surface area contributed by atoms with E-state index in [0.717, 1.165) is 12.1 Å². The second kappa shape index (κ2) is 7.14. The van der Waals surface area contributed by atoms with E-state index in [0.29, 0.717) is 31.1 Å². The predicted molar refractivity (Wildman–Crippen MR) is 96.4 cm³/mol. The Morgan fingerprint density at radius 1 is 1.32 bits per heavy atom. The minimum Gasteiger partial charge on any atom is -0.377 e. The van der Waals surface area contributed by atoms with Crippen molar-refractivity contribution < 1.29 is 9.53 Å². The van der Waals surface area contributed by atoms with Crippen LogP contribution in [0, 0.1) is 6.92 Å². The quantitative estimate of drug-likeness (QED) is 0.927. The summed E-state index contributed by atoms with van der Waals surface area (Å²) >= 11 is 0. The molecule has 1 atom stereocenters. The molecule has 7 heteroatoms. The van der Waals surface area contributed by atoms with Crippen molar-refractivity contribution in [3.8, 4) is 5.69 Å². The first-order valence-electron chi connectivity index (χ1n) is 8.54. The fraction of sp³-hybridized carbons (Fsp3) is 0.444. The first-order chi connectivity index (χ1) is 12.0. The van der Waals surface area contributed by atoms with Gasteiger partial charge in [0.2, 0.25) is 0 Å². The summed E-state index contributed by atoms with van der Waals surface area (Å²) in [5.41, 5.74) is 1.55. The topological polar surface area (TPSA) is 68.5 Å². The third kappa shape index (κ3) is 3.19. The molecule has 134 valence electrons.